The lowest BCUT2D eigenvalue weighted by Crippen LogP contribution is -2.32. The molecule has 0 aromatic carbocycles. The Morgan fingerprint density at radius 3 is 2.68 bits per heavy atom. The van der Waals surface area contributed by atoms with Crippen LogP contribution in [0.15, 0.2) is 18.3 Å². The normalized spacial score (nSPS) is 19.0. The third-order valence-corrected chi connectivity index (χ3v) is 4.49. The molecule has 0 atom stereocenters. The molecule has 118 valence electrons. The highest BCUT2D eigenvalue weighted by Gasteiger charge is 2.29. The van der Waals surface area contributed by atoms with Crippen LogP contribution in [0, 0.1) is 5.92 Å². The molecule has 3 amide bonds. The molecule has 2 fully saturated rings. The van der Waals surface area contributed by atoms with E-state index in [2.05, 4.69) is 10.3 Å². The Morgan fingerprint density at radius 2 is 2.09 bits per heavy atom. The lowest BCUT2D eigenvalue weighted by Gasteiger charge is -2.17. The molecule has 0 unspecified atom stereocenters. The predicted molar refractivity (Wildman–Crippen MR) is 84.8 cm³/mol. The van der Waals surface area contributed by atoms with Crippen LogP contribution in [-0.2, 0) is 4.79 Å². The molecule has 1 aliphatic carbocycles. The van der Waals surface area contributed by atoms with Crippen molar-refractivity contribution in [2.75, 3.05) is 29.9 Å². The molecular formula is C16H22N4O2. The van der Waals surface area contributed by atoms with Gasteiger partial charge in [-0.05, 0) is 31.9 Å². The highest BCUT2D eigenvalue weighted by atomic mass is 16.2. The van der Waals surface area contributed by atoms with E-state index in [4.69, 9.17) is 0 Å². The predicted octanol–water partition coefficient (Wildman–Crippen LogP) is 2.47. The minimum absolute atomic E-state index is 0.00209. The van der Waals surface area contributed by atoms with Crippen LogP contribution in [0.5, 0.6) is 0 Å². The third-order valence-electron chi connectivity index (χ3n) is 4.49. The second-order valence-electron chi connectivity index (χ2n) is 5.89. The van der Waals surface area contributed by atoms with Crippen LogP contribution in [0.2, 0.25) is 0 Å². The van der Waals surface area contributed by atoms with Gasteiger partial charge in [-0.3, -0.25) is 9.69 Å². The van der Waals surface area contributed by atoms with Gasteiger partial charge in [-0.2, -0.15) is 0 Å². The number of amides is 3. The summed E-state index contributed by atoms with van der Waals surface area (Å²) < 4.78 is 0. The minimum atomic E-state index is -0.00209. The minimum Gasteiger partial charge on any atom is -0.324 e. The molecule has 1 aliphatic heterocycles. The zero-order valence-electron chi connectivity index (χ0n) is 12.9. The summed E-state index contributed by atoms with van der Waals surface area (Å²) in [6.45, 7) is 4.08. The van der Waals surface area contributed by atoms with Crippen molar-refractivity contribution in [1.29, 1.82) is 0 Å². The fourth-order valence-corrected chi connectivity index (χ4v) is 3.14. The number of nitrogens with one attached hydrogen (secondary N) is 1. The first-order valence-corrected chi connectivity index (χ1v) is 8.02. The standard InChI is InChI=1S/C16H22N4O2/c1-2-19-9-10-20(16(19)22)14-8-7-13(11-17-14)18-15(21)12-5-3-4-6-12/h7-8,11-12H,2-6,9-10H2,1H3,(H,18,21). The number of rotatable bonds is 4. The summed E-state index contributed by atoms with van der Waals surface area (Å²) >= 11 is 0. The maximum atomic E-state index is 12.1. The summed E-state index contributed by atoms with van der Waals surface area (Å²) in [4.78, 5) is 32.0. The average molecular weight is 302 g/mol. The van der Waals surface area contributed by atoms with Gasteiger partial charge in [0.2, 0.25) is 5.91 Å². The van der Waals surface area contributed by atoms with Gasteiger partial charge in [0.25, 0.3) is 0 Å². The summed E-state index contributed by atoms with van der Waals surface area (Å²) in [5, 5.41) is 2.92. The molecule has 1 aromatic heterocycles. The Balaban J connectivity index is 1.63. The van der Waals surface area contributed by atoms with Gasteiger partial charge in [0, 0.05) is 25.6 Å². The summed E-state index contributed by atoms with van der Waals surface area (Å²) in [5.74, 6) is 0.860. The zero-order chi connectivity index (χ0) is 15.5. The van der Waals surface area contributed by atoms with Gasteiger partial charge < -0.3 is 10.2 Å². The Kier molecular flexibility index (Phi) is 4.27. The number of anilines is 2. The molecule has 2 aliphatic rings. The number of likely N-dealkylation sites (N-methyl/N-ethyl adjacent to an activating group) is 1. The Hall–Kier alpha value is -2.11. The molecule has 2 heterocycles. The first kappa shape index (κ1) is 14.8. The second-order valence-corrected chi connectivity index (χ2v) is 5.89. The van der Waals surface area contributed by atoms with Gasteiger partial charge in [-0.25, -0.2) is 9.78 Å². The van der Waals surface area contributed by atoms with E-state index in [1.54, 1.807) is 22.1 Å². The number of pyridine rings is 1. The van der Waals surface area contributed by atoms with E-state index in [0.29, 0.717) is 24.6 Å². The van der Waals surface area contributed by atoms with Gasteiger partial charge >= 0.3 is 6.03 Å². The summed E-state index contributed by atoms with van der Waals surface area (Å²) in [7, 11) is 0. The molecular weight excluding hydrogens is 280 g/mol. The number of nitrogens with zero attached hydrogens (tertiary/aromatic N) is 3. The van der Waals surface area contributed by atoms with Crippen LogP contribution >= 0.6 is 0 Å². The summed E-state index contributed by atoms with van der Waals surface area (Å²) in [5.41, 5.74) is 0.694. The second kappa shape index (κ2) is 6.34. The van der Waals surface area contributed by atoms with Gasteiger partial charge in [0.05, 0.1) is 11.9 Å². The zero-order valence-corrected chi connectivity index (χ0v) is 12.9. The number of urea groups is 1. The molecule has 1 saturated carbocycles. The maximum Gasteiger partial charge on any atom is 0.325 e. The van der Waals surface area contributed by atoms with Crippen LogP contribution < -0.4 is 10.2 Å². The van der Waals surface area contributed by atoms with Crippen molar-refractivity contribution in [3.63, 3.8) is 0 Å². The largest absolute Gasteiger partial charge is 0.325 e. The van der Waals surface area contributed by atoms with E-state index >= 15 is 0 Å². The van der Waals surface area contributed by atoms with Crippen LogP contribution in [0.3, 0.4) is 0 Å². The molecule has 6 nitrogen and oxygen atoms in total. The fourth-order valence-electron chi connectivity index (χ4n) is 3.14. The van der Waals surface area contributed by atoms with Crippen molar-refractivity contribution in [3.8, 4) is 0 Å². The summed E-state index contributed by atoms with van der Waals surface area (Å²) in [6.07, 6.45) is 5.86. The highest BCUT2D eigenvalue weighted by molar-refractivity contribution is 5.94. The number of hydrogen-bond donors (Lipinski definition) is 1. The lowest BCUT2D eigenvalue weighted by molar-refractivity contribution is -0.119. The quantitative estimate of drug-likeness (QED) is 0.929. The van der Waals surface area contributed by atoms with Crippen molar-refractivity contribution in [3.05, 3.63) is 18.3 Å². The number of aromatic nitrogens is 1. The number of carbonyl (C=O) groups is 2. The third kappa shape index (κ3) is 2.91. The van der Waals surface area contributed by atoms with E-state index in [1.165, 1.54) is 0 Å². The first-order chi connectivity index (χ1) is 10.7. The smallest absolute Gasteiger partial charge is 0.324 e. The molecule has 22 heavy (non-hydrogen) atoms. The van der Waals surface area contributed by atoms with Crippen LogP contribution in [0.4, 0.5) is 16.3 Å². The lowest BCUT2D eigenvalue weighted by atomic mass is 10.1. The monoisotopic (exact) mass is 302 g/mol. The SMILES string of the molecule is CCN1CCN(c2ccc(NC(=O)C3CCCC3)cn2)C1=O. The van der Waals surface area contributed by atoms with Gasteiger partial charge in [0.15, 0.2) is 0 Å². The van der Waals surface area contributed by atoms with Crippen molar-refractivity contribution in [2.45, 2.75) is 32.6 Å². The Bertz CT molecular complexity index is 552. The van der Waals surface area contributed by atoms with E-state index in [9.17, 15) is 9.59 Å². The Labute approximate surface area is 130 Å². The first-order valence-electron chi connectivity index (χ1n) is 8.02. The molecule has 0 radical (unpaired) electrons. The topological polar surface area (TPSA) is 65.5 Å². The maximum absolute atomic E-state index is 12.1. The van der Waals surface area contributed by atoms with E-state index < -0.39 is 0 Å². The Morgan fingerprint density at radius 1 is 1.32 bits per heavy atom. The molecule has 1 aromatic rings. The van der Waals surface area contributed by atoms with Crippen LogP contribution in [0.1, 0.15) is 32.6 Å². The van der Waals surface area contributed by atoms with Gasteiger partial charge in [-0.1, -0.05) is 12.8 Å². The number of carbonyl (C=O) groups excluding carboxylic acids is 2. The molecule has 0 bridgehead atoms. The van der Waals surface area contributed by atoms with Crippen molar-refractivity contribution in [1.82, 2.24) is 9.88 Å². The van der Waals surface area contributed by atoms with Crippen molar-refractivity contribution in [2.24, 2.45) is 5.92 Å². The van der Waals surface area contributed by atoms with Crippen molar-refractivity contribution < 1.29 is 9.59 Å². The molecule has 6 heteroatoms. The van der Waals surface area contributed by atoms with Gasteiger partial charge in [-0.15, -0.1) is 0 Å². The van der Waals surface area contributed by atoms with E-state index in [1.807, 2.05) is 13.0 Å². The van der Waals surface area contributed by atoms with E-state index in [-0.39, 0.29) is 17.9 Å². The van der Waals surface area contributed by atoms with Crippen LogP contribution in [0.25, 0.3) is 0 Å². The number of hydrogen-bond acceptors (Lipinski definition) is 3. The molecule has 1 N–H and O–H groups in total. The summed E-state index contributed by atoms with van der Waals surface area (Å²) in [6, 6.07) is 3.61. The van der Waals surface area contributed by atoms with Crippen LogP contribution in [-0.4, -0.2) is 41.5 Å². The van der Waals surface area contributed by atoms with E-state index in [0.717, 1.165) is 32.2 Å². The average Bonchev–Trinajstić information content (AvgIpc) is 3.18. The molecule has 1 saturated heterocycles. The van der Waals surface area contributed by atoms with Crippen molar-refractivity contribution >= 4 is 23.4 Å². The molecule has 3 rings (SSSR count). The highest BCUT2D eigenvalue weighted by Crippen LogP contribution is 2.26. The van der Waals surface area contributed by atoms with Gasteiger partial charge in [0.1, 0.15) is 5.82 Å². The molecule has 0 spiro atoms. The fraction of sp³-hybridized carbons (Fsp3) is 0.562.